The van der Waals surface area contributed by atoms with E-state index in [0.29, 0.717) is 22.6 Å². The van der Waals surface area contributed by atoms with E-state index in [0.717, 1.165) is 0 Å². The Kier molecular flexibility index (Phi) is 4.23. The van der Waals surface area contributed by atoms with Crippen molar-refractivity contribution in [3.8, 4) is 0 Å². The molecule has 0 unspecified atom stereocenters. The number of benzene rings is 1. The van der Waals surface area contributed by atoms with Gasteiger partial charge < -0.3 is 4.98 Å². The Hall–Kier alpha value is -1.68. The van der Waals surface area contributed by atoms with Gasteiger partial charge in [-0.15, -0.1) is 0 Å². The summed E-state index contributed by atoms with van der Waals surface area (Å²) in [6.07, 6.45) is 0.209. The molecule has 0 atom stereocenters. The van der Waals surface area contributed by atoms with Gasteiger partial charge >= 0.3 is 0 Å². The van der Waals surface area contributed by atoms with E-state index in [2.05, 4.69) is 9.97 Å². The van der Waals surface area contributed by atoms with Gasteiger partial charge in [-0.3, -0.25) is 4.79 Å². The molecule has 0 aliphatic heterocycles. The van der Waals surface area contributed by atoms with Crippen LogP contribution in [-0.2, 0) is 6.42 Å². The Morgan fingerprint density at radius 3 is 2.70 bits per heavy atom. The number of hydrogen-bond donors (Lipinski definition) is 1. The van der Waals surface area contributed by atoms with Crippen LogP contribution in [0.15, 0.2) is 23.0 Å². The molecule has 1 aromatic heterocycles. The Morgan fingerprint density at radius 1 is 1.40 bits per heavy atom. The summed E-state index contributed by atoms with van der Waals surface area (Å²) in [5.41, 5.74) is 1.60. The number of nitrogens with zero attached hydrogens (tertiary/aromatic N) is 1. The fourth-order valence-corrected chi connectivity index (χ4v) is 2.48. The fourth-order valence-electron chi connectivity index (χ4n) is 2.28. The zero-order valence-electron chi connectivity index (χ0n) is 11.6. The van der Waals surface area contributed by atoms with E-state index >= 15 is 0 Å². The van der Waals surface area contributed by atoms with Crippen LogP contribution in [0.25, 0.3) is 0 Å². The van der Waals surface area contributed by atoms with Gasteiger partial charge in [-0.2, -0.15) is 0 Å². The monoisotopic (exact) mass is 294 g/mol. The SMILES string of the molecule is Cc1nc(Cc2cccc(Cl)c2F)[nH]c(=O)c1C(C)C. The van der Waals surface area contributed by atoms with Crippen molar-refractivity contribution < 1.29 is 4.39 Å². The first-order chi connectivity index (χ1) is 9.40. The predicted molar refractivity (Wildman–Crippen MR) is 77.9 cm³/mol. The maximum atomic E-state index is 13.8. The highest BCUT2D eigenvalue weighted by Gasteiger charge is 2.13. The molecule has 0 saturated heterocycles. The Balaban J connectivity index is 2.41. The quantitative estimate of drug-likeness (QED) is 0.940. The number of aromatic amines is 1. The zero-order chi connectivity index (χ0) is 14.9. The molecule has 2 aromatic rings. The summed E-state index contributed by atoms with van der Waals surface area (Å²) in [5.74, 6) is 0.0728. The molecule has 0 spiro atoms. The lowest BCUT2D eigenvalue weighted by molar-refractivity contribution is 0.612. The number of rotatable bonds is 3. The normalized spacial score (nSPS) is 11.1. The number of H-pyrrole nitrogens is 1. The van der Waals surface area contributed by atoms with Gasteiger partial charge in [0.25, 0.3) is 5.56 Å². The van der Waals surface area contributed by atoms with Gasteiger partial charge in [0.15, 0.2) is 0 Å². The van der Waals surface area contributed by atoms with Crippen LogP contribution in [0.1, 0.15) is 42.4 Å². The molecule has 20 heavy (non-hydrogen) atoms. The lowest BCUT2D eigenvalue weighted by atomic mass is 10.0. The molecule has 0 amide bonds. The van der Waals surface area contributed by atoms with E-state index < -0.39 is 5.82 Å². The van der Waals surface area contributed by atoms with Gasteiger partial charge in [-0.1, -0.05) is 37.6 Å². The van der Waals surface area contributed by atoms with Crippen LogP contribution >= 0.6 is 11.6 Å². The first-order valence-electron chi connectivity index (χ1n) is 6.42. The summed E-state index contributed by atoms with van der Waals surface area (Å²) >= 11 is 5.74. The average molecular weight is 295 g/mol. The Labute approximate surface area is 121 Å². The number of nitrogens with one attached hydrogen (secondary N) is 1. The first-order valence-corrected chi connectivity index (χ1v) is 6.80. The summed E-state index contributed by atoms with van der Waals surface area (Å²) in [6, 6.07) is 4.80. The van der Waals surface area contributed by atoms with Crippen molar-refractivity contribution in [3.05, 3.63) is 62.0 Å². The molecular weight excluding hydrogens is 279 g/mol. The maximum absolute atomic E-state index is 13.8. The Bertz CT molecular complexity index is 695. The van der Waals surface area contributed by atoms with Crippen LogP contribution in [0.3, 0.4) is 0 Å². The lowest BCUT2D eigenvalue weighted by Gasteiger charge is -2.10. The minimum Gasteiger partial charge on any atom is -0.310 e. The second-order valence-corrected chi connectivity index (χ2v) is 5.46. The fraction of sp³-hybridized carbons (Fsp3) is 0.333. The average Bonchev–Trinajstić information content (AvgIpc) is 2.33. The maximum Gasteiger partial charge on any atom is 0.254 e. The van der Waals surface area contributed by atoms with Crippen molar-refractivity contribution in [2.24, 2.45) is 0 Å². The van der Waals surface area contributed by atoms with Gasteiger partial charge in [-0.25, -0.2) is 9.37 Å². The third-order valence-corrected chi connectivity index (χ3v) is 3.45. The third kappa shape index (κ3) is 2.90. The summed E-state index contributed by atoms with van der Waals surface area (Å²) in [6.45, 7) is 5.67. The van der Waals surface area contributed by atoms with Crippen LogP contribution in [0.4, 0.5) is 4.39 Å². The smallest absolute Gasteiger partial charge is 0.254 e. The third-order valence-electron chi connectivity index (χ3n) is 3.16. The minimum atomic E-state index is -0.470. The Morgan fingerprint density at radius 2 is 2.10 bits per heavy atom. The molecule has 0 fully saturated rings. The van der Waals surface area contributed by atoms with Gasteiger partial charge in [0, 0.05) is 17.7 Å². The van der Waals surface area contributed by atoms with Crippen LogP contribution in [0.5, 0.6) is 0 Å². The number of halogens is 2. The molecule has 5 heteroatoms. The largest absolute Gasteiger partial charge is 0.310 e. The number of aromatic nitrogens is 2. The molecule has 0 bridgehead atoms. The highest BCUT2D eigenvalue weighted by molar-refractivity contribution is 6.30. The topological polar surface area (TPSA) is 45.8 Å². The first kappa shape index (κ1) is 14.7. The molecule has 1 aromatic carbocycles. The predicted octanol–water partition coefficient (Wildman–Crippen LogP) is 3.59. The molecule has 0 aliphatic rings. The van der Waals surface area contributed by atoms with Crippen molar-refractivity contribution in [2.45, 2.75) is 33.1 Å². The van der Waals surface area contributed by atoms with E-state index in [4.69, 9.17) is 11.6 Å². The van der Waals surface area contributed by atoms with Crippen LogP contribution < -0.4 is 5.56 Å². The molecule has 0 saturated carbocycles. The standard InChI is InChI=1S/C15H16ClFN2O/c1-8(2)13-9(3)18-12(19-15(13)20)7-10-5-4-6-11(16)14(10)17/h4-6,8H,7H2,1-3H3,(H,18,19,20). The van der Waals surface area contributed by atoms with E-state index in [-0.39, 0.29) is 22.9 Å². The molecule has 2 rings (SSSR count). The van der Waals surface area contributed by atoms with Gasteiger partial charge in [0.1, 0.15) is 11.6 Å². The molecular formula is C15H16ClFN2O. The van der Waals surface area contributed by atoms with E-state index in [1.807, 2.05) is 13.8 Å². The second-order valence-electron chi connectivity index (χ2n) is 5.06. The zero-order valence-corrected chi connectivity index (χ0v) is 12.4. The minimum absolute atomic E-state index is 0.0698. The highest BCUT2D eigenvalue weighted by atomic mass is 35.5. The molecule has 1 N–H and O–H groups in total. The molecule has 106 valence electrons. The van der Waals surface area contributed by atoms with E-state index in [1.54, 1.807) is 19.1 Å². The van der Waals surface area contributed by atoms with Crippen LogP contribution in [0.2, 0.25) is 5.02 Å². The molecule has 0 radical (unpaired) electrons. The summed E-state index contributed by atoms with van der Waals surface area (Å²) < 4.78 is 13.8. The van der Waals surface area contributed by atoms with E-state index in [9.17, 15) is 9.18 Å². The van der Waals surface area contributed by atoms with Crippen molar-refractivity contribution in [3.63, 3.8) is 0 Å². The highest BCUT2D eigenvalue weighted by Crippen LogP contribution is 2.20. The lowest BCUT2D eigenvalue weighted by Crippen LogP contribution is -2.20. The molecule has 3 nitrogen and oxygen atoms in total. The van der Waals surface area contributed by atoms with E-state index in [1.165, 1.54) is 6.07 Å². The number of hydrogen-bond acceptors (Lipinski definition) is 2. The molecule has 1 heterocycles. The second kappa shape index (κ2) is 5.75. The summed E-state index contributed by atoms with van der Waals surface area (Å²) in [5, 5.41) is 0.0698. The van der Waals surface area contributed by atoms with Crippen LogP contribution in [-0.4, -0.2) is 9.97 Å². The summed E-state index contributed by atoms with van der Waals surface area (Å²) in [7, 11) is 0. The van der Waals surface area contributed by atoms with Crippen LogP contribution in [0, 0.1) is 12.7 Å². The van der Waals surface area contributed by atoms with Crippen molar-refractivity contribution in [1.82, 2.24) is 9.97 Å². The van der Waals surface area contributed by atoms with Gasteiger partial charge in [0.05, 0.1) is 5.02 Å². The molecule has 0 aliphatic carbocycles. The summed E-state index contributed by atoms with van der Waals surface area (Å²) in [4.78, 5) is 19.1. The number of aryl methyl sites for hydroxylation is 1. The van der Waals surface area contributed by atoms with Crippen molar-refractivity contribution >= 4 is 11.6 Å². The van der Waals surface area contributed by atoms with Gasteiger partial charge in [-0.05, 0) is 24.5 Å². The van der Waals surface area contributed by atoms with Gasteiger partial charge in [0.2, 0.25) is 0 Å². The van der Waals surface area contributed by atoms with Crippen molar-refractivity contribution in [2.75, 3.05) is 0 Å². The van der Waals surface area contributed by atoms with Crippen molar-refractivity contribution in [1.29, 1.82) is 0 Å².